The molecule has 102 valence electrons. The third kappa shape index (κ3) is 2.97. The zero-order chi connectivity index (χ0) is 13.8. The molecular weight excluding hydrogens is 268 g/mol. The predicted molar refractivity (Wildman–Crippen MR) is 72.5 cm³/mol. The number of hydrogen-bond acceptors (Lipinski definition) is 5. The summed E-state index contributed by atoms with van der Waals surface area (Å²) in [6.07, 6.45) is 0. The molecular formula is C13H14O5S. The van der Waals surface area contributed by atoms with Gasteiger partial charge in [0.05, 0.1) is 13.2 Å². The average molecular weight is 282 g/mol. The Morgan fingerprint density at radius 3 is 2.63 bits per heavy atom. The third-order valence-corrected chi connectivity index (χ3v) is 3.53. The van der Waals surface area contributed by atoms with E-state index in [1.807, 2.05) is 6.92 Å². The van der Waals surface area contributed by atoms with Crippen LogP contribution in [0.2, 0.25) is 0 Å². The standard InChI is InChI=1S/C13H14O5S/c1-2-17-10-7-11-8(5-9(10)18-4-3-14)6-12(19-11)13(15)16/h5-7,14H,2-4H2,1H3,(H,15,16). The van der Waals surface area contributed by atoms with Gasteiger partial charge in [0.15, 0.2) is 11.5 Å². The van der Waals surface area contributed by atoms with Gasteiger partial charge in [-0.25, -0.2) is 4.79 Å². The topological polar surface area (TPSA) is 76.0 Å². The minimum Gasteiger partial charge on any atom is -0.490 e. The fraction of sp³-hybridized carbons (Fsp3) is 0.308. The molecule has 0 atom stereocenters. The number of thiophene rings is 1. The van der Waals surface area contributed by atoms with Gasteiger partial charge < -0.3 is 19.7 Å². The molecule has 0 radical (unpaired) electrons. The van der Waals surface area contributed by atoms with Crippen molar-refractivity contribution in [3.05, 3.63) is 23.1 Å². The van der Waals surface area contributed by atoms with Crippen molar-refractivity contribution in [2.24, 2.45) is 0 Å². The molecule has 19 heavy (non-hydrogen) atoms. The largest absolute Gasteiger partial charge is 0.490 e. The van der Waals surface area contributed by atoms with Crippen LogP contribution in [0.15, 0.2) is 18.2 Å². The Kier molecular flexibility index (Phi) is 4.24. The van der Waals surface area contributed by atoms with Gasteiger partial charge in [0.2, 0.25) is 0 Å². The molecule has 0 amide bonds. The molecule has 0 fully saturated rings. The van der Waals surface area contributed by atoms with Gasteiger partial charge in [-0.2, -0.15) is 0 Å². The van der Waals surface area contributed by atoms with Crippen molar-refractivity contribution < 1.29 is 24.5 Å². The normalized spacial score (nSPS) is 10.6. The van der Waals surface area contributed by atoms with Crippen LogP contribution in [0, 0.1) is 0 Å². The van der Waals surface area contributed by atoms with E-state index in [1.165, 1.54) is 11.3 Å². The van der Waals surface area contributed by atoms with Crippen molar-refractivity contribution in [1.82, 2.24) is 0 Å². The lowest BCUT2D eigenvalue weighted by atomic mass is 10.2. The first-order chi connectivity index (χ1) is 9.15. The van der Waals surface area contributed by atoms with Crippen LogP contribution in [-0.2, 0) is 0 Å². The minimum absolute atomic E-state index is 0.0897. The van der Waals surface area contributed by atoms with Crippen LogP contribution in [0.25, 0.3) is 10.1 Å². The highest BCUT2D eigenvalue weighted by molar-refractivity contribution is 7.20. The Balaban J connectivity index is 2.45. The molecule has 0 aliphatic carbocycles. The summed E-state index contributed by atoms with van der Waals surface area (Å²) in [4.78, 5) is 11.2. The van der Waals surface area contributed by atoms with Crippen molar-refractivity contribution in [1.29, 1.82) is 0 Å². The molecule has 6 heteroatoms. The number of aromatic carboxylic acids is 1. The van der Waals surface area contributed by atoms with Crippen LogP contribution >= 0.6 is 11.3 Å². The van der Waals surface area contributed by atoms with Crippen LogP contribution in [0.4, 0.5) is 0 Å². The van der Waals surface area contributed by atoms with Gasteiger partial charge in [-0.15, -0.1) is 11.3 Å². The quantitative estimate of drug-likeness (QED) is 0.850. The summed E-state index contributed by atoms with van der Waals surface area (Å²) >= 11 is 1.19. The zero-order valence-corrected chi connectivity index (χ0v) is 11.2. The fourth-order valence-electron chi connectivity index (χ4n) is 1.69. The first-order valence-corrected chi connectivity index (χ1v) is 6.64. The number of hydrogen-bond donors (Lipinski definition) is 2. The van der Waals surface area contributed by atoms with E-state index < -0.39 is 5.97 Å². The summed E-state index contributed by atoms with van der Waals surface area (Å²) < 4.78 is 11.7. The summed E-state index contributed by atoms with van der Waals surface area (Å²) in [6, 6.07) is 5.10. The Morgan fingerprint density at radius 1 is 1.26 bits per heavy atom. The Bertz CT molecular complexity index is 590. The van der Waals surface area contributed by atoms with Crippen molar-refractivity contribution in [3.8, 4) is 11.5 Å². The van der Waals surface area contributed by atoms with Crippen LogP contribution in [-0.4, -0.2) is 36.0 Å². The molecule has 0 saturated carbocycles. The van der Waals surface area contributed by atoms with Gasteiger partial charge in [-0.3, -0.25) is 0 Å². The van der Waals surface area contributed by atoms with E-state index in [4.69, 9.17) is 19.7 Å². The van der Waals surface area contributed by atoms with Gasteiger partial charge in [0, 0.05) is 10.8 Å². The van der Waals surface area contributed by atoms with Crippen molar-refractivity contribution >= 4 is 27.4 Å². The highest BCUT2D eigenvalue weighted by Gasteiger charge is 2.13. The first-order valence-electron chi connectivity index (χ1n) is 5.83. The van der Waals surface area contributed by atoms with Gasteiger partial charge >= 0.3 is 5.97 Å². The van der Waals surface area contributed by atoms with Gasteiger partial charge in [0.25, 0.3) is 0 Å². The van der Waals surface area contributed by atoms with E-state index in [0.29, 0.717) is 18.1 Å². The second kappa shape index (κ2) is 5.90. The first kappa shape index (κ1) is 13.6. The lowest BCUT2D eigenvalue weighted by Crippen LogP contribution is -2.03. The number of ether oxygens (including phenoxy) is 2. The maximum Gasteiger partial charge on any atom is 0.345 e. The third-order valence-electron chi connectivity index (χ3n) is 2.44. The molecule has 5 nitrogen and oxygen atoms in total. The van der Waals surface area contributed by atoms with Crippen LogP contribution in [0.5, 0.6) is 11.5 Å². The Hall–Kier alpha value is -1.79. The lowest BCUT2D eigenvalue weighted by Gasteiger charge is -2.11. The van der Waals surface area contributed by atoms with E-state index >= 15 is 0 Å². The van der Waals surface area contributed by atoms with E-state index in [-0.39, 0.29) is 18.1 Å². The minimum atomic E-state index is -0.947. The summed E-state index contributed by atoms with van der Waals surface area (Å²) in [7, 11) is 0. The van der Waals surface area contributed by atoms with Crippen LogP contribution in [0.3, 0.4) is 0 Å². The van der Waals surface area contributed by atoms with E-state index in [2.05, 4.69) is 0 Å². The smallest absolute Gasteiger partial charge is 0.345 e. The second-order valence-corrected chi connectivity index (χ2v) is 4.84. The number of carboxylic acid groups (broad SMARTS) is 1. The molecule has 1 heterocycles. The molecule has 0 bridgehead atoms. The molecule has 1 aromatic carbocycles. The number of carboxylic acids is 1. The second-order valence-electron chi connectivity index (χ2n) is 3.76. The molecule has 1 aromatic heterocycles. The monoisotopic (exact) mass is 282 g/mol. The molecule has 0 unspecified atom stereocenters. The number of carbonyl (C=O) groups is 1. The van der Waals surface area contributed by atoms with Gasteiger partial charge in [-0.1, -0.05) is 0 Å². The zero-order valence-electron chi connectivity index (χ0n) is 10.4. The molecule has 0 saturated heterocycles. The van der Waals surface area contributed by atoms with E-state index in [9.17, 15) is 4.79 Å². The molecule has 2 aromatic rings. The Labute approximate surface area is 114 Å². The van der Waals surface area contributed by atoms with Gasteiger partial charge in [-0.05, 0) is 24.4 Å². The van der Waals surface area contributed by atoms with Crippen LogP contribution < -0.4 is 9.47 Å². The number of aliphatic hydroxyl groups is 1. The summed E-state index contributed by atoms with van der Waals surface area (Å²) in [6.45, 7) is 2.42. The average Bonchev–Trinajstić information content (AvgIpc) is 2.79. The summed E-state index contributed by atoms with van der Waals surface area (Å²) in [5, 5.41) is 18.6. The van der Waals surface area contributed by atoms with Gasteiger partial charge in [0.1, 0.15) is 11.5 Å². The molecule has 0 aliphatic heterocycles. The number of fused-ring (bicyclic) bond motifs is 1. The maximum atomic E-state index is 11.0. The number of benzene rings is 1. The fourth-order valence-corrected chi connectivity index (χ4v) is 2.60. The molecule has 0 aliphatic rings. The predicted octanol–water partition coefficient (Wildman–Crippen LogP) is 2.37. The van der Waals surface area contributed by atoms with Crippen molar-refractivity contribution in [2.45, 2.75) is 6.92 Å². The van der Waals surface area contributed by atoms with E-state index in [0.717, 1.165) is 10.1 Å². The van der Waals surface area contributed by atoms with Crippen molar-refractivity contribution in [2.75, 3.05) is 19.8 Å². The van der Waals surface area contributed by atoms with Crippen molar-refractivity contribution in [3.63, 3.8) is 0 Å². The SMILES string of the molecule is CCOc1cc2sc(C(=O)O)cc2cc1OCCO. The highest BCUT2D eigenvalue weighted by atomic mass is 32.1. The van der Waals surface area contributed by atoms with Crippen LogP contribution in [0.1, 0.15) is 16.6 Å². The number of aliphatic hydroxyl groups excluding tert-OH is 1. The lowest BCUT2D eigenvalue weighted by molar-refractivity contribution is 0.0702. The maximum absolute atomic E-state index is 11.0. The molecule has 2 rings (SSSR count). The molecule has 2 N–H and O–H groups in total. The molecule has 0 spiro atoms. The highest BCUT2D eigenvalue weighted by Crippen LogP contribution is 2.36. The summed E-state index contributed by atoms with van der Waals surface area (Å²) in [5.41, 5.74) is 0. The van der Waals surface area contributed by atoms with E-state index in [1.54, 1.807) is 18.2 Å². The number of rotatable bonds is 6. The summed E-state index contributed by atoms with van der Waals surface area (Å²) in [5.74, 6) is 0.123. The Morgan fingerprint density at radius 2 is 2.00 bits per heavy atom.